The van der Waals surface area contributed by atoms with Gasteiger partial charge in [0.1, 0.15) is 5.54 Å². The number of fused-ring (bicyclic) bond motifs is 2. The molecule has 3 aliphatic rings. The van der Waals surface area contributed by atoms with E-state index < -0.39 is 5.54 Å². The van der Waals surface area contributed by atoms with Crippen molar-refractivity contribution in [3.05, 3.63) is 53.8 Å². The number of hydrogen-bond donors (Lipinski definition) is 1. The zero-order valence-electron chi connectivity index (χ0n) is 12.9. The molecule has 23 heavy (non-hydrogen) atoms. The number of para-hydroxylation sites is 1. The Balaban J connectivity index is 1.82. The van der Waals surface area contributed by atoms with E-state index in [0.29, 0.717) is 13.1 Å². The molecule has 2 heterocycles. The van der Waals surface area contributed by atoms with Crippen LogP contribution in [-0.2, 0) is 20.9 Å². The second-order valence-electron chi connectivity index (χ2n) is 6.14. The van der Waals surface area contributed by atoms with Crippen molar-refractivity contribution in [3.63, 3.8) is 0 Å². The standard InChI is InChI=1S/C17H19N3O3/c1-17(8-4-6-13(18)16(17)21)19-10-15-20(23-11-22-15)9-12-5-2-3-7-14(12)19/h2-8,15H,9-11,18H2,1H3. The molecule has 0 aromatic heterocycles. The lowest BCUT2D eigenvalue weighted by Gasteiger charge is -2.41. The summed E-state index contributed by atoms with van der Waals surface area (Å²) in [6, 6.07) is 8.04. The molecule has 2 unspecified atom stereocenters. The highest BCUT2D eigenvalue weighted by Crippen LogP contribution is 2.36. The third kappa shape index (κ3) is 2.18. The lowest BCUT2D eigenvalue weighted by molar-refractivity contribution is -0.137. The van der Waals surface area contributed by atoms with Gasteiger partial charge in [0, 0.05) is 5.69 Å². The van der Waals surface area contributed by atoms with Gasteiger partial charge >= 0.3 is 0 Å². The fraction of sp³-hybridized carbons (Fsp3) is 0.353. The molecule has 6 heteroatoms. The molecule has 2 atom stereocenters. The summed E-state index contributed by atoms with van der Waals surface area (Å²) in [5.41, 5.74) is 7.43. The number of hydrogen-bond acceptors (Lipinski definition) is 6. The van der Waals surface area contributed by atoms with Gasteiger partial charge in [0.25, 0.3) is 0 Å². The Hall–Kier alpha value is -2.15. The number of ether oxygens (including phenoxy) is 1. The van der Waals surface area contributed by atoms with E-state index in [1.54, 1.807) is 6.08 Å². The van der Waals surface area contributed by atoms with Crippen LogP contribution in [0.5, 0.6) is 0 Å². The molecule has 0 bridgehead atoms. The first kappa shape index (κ1) is 14.4. The van der Waals surface area contributed by atoms with Gasteiger partial charge in [-0.1, -0.05) is 30.4 Å². The van der Waals surface area contributed by atoms with Gasteiger partial charge in [-0.15, -0.1) is 0 Å². The van der Waals surface area contributed by atoms with Gasteiger partial charge in [-0.05, 0) is 24.6 Å². The lowest BCUT2D eigenvalue weighted by atomic mass is 9.87. The first-order valence-electron chi connectivity index (χ1n) is 7.66. The van der Waals surface area contributed by atoms with Crippen molar-refractivity contribution in [2.45, 2.75) is 25.2 Å². The van der Waals surface area contributed by atoms with Gasteiger partial charge in [-0.3, -0.25) is 9.63 Å². The Bertz CT molecular complexity index is 715. The zero-order valence-corrected chi connectivity index (χ0v) is 12.9. The van der Waals surface area contributed by atoms with Crippen LogP contribution in [0.25, 0.3) is 0 Å². The highest BCUT2D eigenvalue weighted by Gasteiger charge is 2.44. The maximum absolute atomic E-state index is 12.8. The summed E-state index contributed by atoms with van der Waals surface area (Å²) in [6.45, 7) is 3.28. The molecular formula is C17H19N3O3. The average Bonchev–Trinajstić information content (AvgIpc) is 2.91. The van der Waals surface area contributed by atoms with Crippen LogP contribution in [0.2, 0.25) is 0 Å². The third-order valence-corrected chi connectivity index (χ3v) is 4.73. The molecule has 2 N–H and O–H groups in total. The van der Waals surface area contributed by atoms with Crippen LogP contribution in [0, 0.1) is 0 Å². The molecule has 120 valence electrons. The second-order valence-corrected chi connectivity index (χ2v) is 6.14. The number of ketones is 1. The van der Waals surface area contributed by atoms with Gasteiger partial charge in [0.15, 0.2) is 13.0 Å². The highest BCUT2D eigenvalue weighted by atomic mass is 16.8. The number of nitrogens with zero attached hydrogens (tertiary/aromatic N) is 2. The van der Waals surface area contributed by atoms with Crippen molar-refractivity contribution in [1.29, 1.82) is 0 Å². The summed E-state index contributed by atoms with van der Waals surface area (Å²) in [5.74, 6) is -0.0952. The second kappa shape index (κ2) is 5.19. The zero-order chi connectivity index (χ0) is 16.0. The molecule has 1 fully saturated rings. The molecule has 2 aliphatic heterocycles. The van der Waals surface area contributed by atoms with Gasteiger partial charge in [-0.2, -0.15) is 5.06 Å². The molecule has 1 aromatic rings. The summed E-state index contributed by atoms with van der Waals surface area (Å²) >= 11 is 0. The van der Waals surface area contributed by atoms with E-state index >= 15 is 0 Å². The van der Waals surface area contributed by atoms with E-state index in [1.807, 2.05) is 48.4 Å². The van der Waals surface area contributed by atoms with E-state index in [9.17, 15) is 4.79 Å². The average molecular weight is 313 g/mol. The summed E-state index contributed by atoms with van der Waals surface area (Å²) in [7, 11) is 0. The molecule has 1 aromatic carbocycles. The van der Waals surface area contributed by atoms with E-state index in [0.717, 1.165) is 11.3 Å². The van der Waals surface area contributed by atoms with Crippen LogP contribution in [0.3, 0.4) is 0 Å². The van der Waals surface area contributed by atoms with Crippen molar-refractivity contribution in [3.8, 4) is 0 Å². The lowest BCUT2D eigenvalue weighted by Crippen LogP contribution is -2.56. The fourth-order valence-corrected chi connectivity index (χ4v) is 3.40. The van der Waals surface area contributed by atoms with Crippen LogP contribution in [0.15, 0.2) is 48.2 Å². The first-order chi connectivity index (χ1) is 11.1. The Kier molecular flexibility index (Phi) is 3.26. The first-order valence-corrected chi connectivity index (χ1v) is 7.66. The van der Waals surface area contributed by atoms with Gasteiger partial charge in [0.05, 0.1) is 18.8 Å². The number of carbonyl (C=O) groups is 1. The summed E-state index contributed by atoms with van der Waals surface area (Å²) in [5, 5.41) is 1.83. The molecule has 4 rings (SSSR count). The number of anilines is 1. The Morgan fingerprint density at radius 1 is 1.35 bits per heavy atom. The molecule has 6 nitrogen and oxygen atoms in total. The topological polar surface area (TPSA) is 68.0 Å². The highest BCUT2D eigenvalue weighted by molar-refractivity contribution is 6.06. The predicted molar refractivity (Wildman–Crippen MR) is 85.0 cm³/mol. The van der Waals surface area contributed by atoms with E-state index in [2.05, 4.69) is 4.90 Å². The SMILES string of the molecule is CC1(N2CC3OCON3Cc3ccccc32)C=CC=C(N)C1=O. The van der Waals surface area contributed by atoms with Crippen LogP contribution < -0.4 is 10.6 Å². The maximum Gasteiger partial charge on any atom is 0.207 e. The van der Waals surface area contributed by atoms with Gasteiger partial charge in [0.2, 0.25) is 5.78 Å². The monoisotopic (exact) mass is 313 g/mol. The number of carbonyl (C=O) groups excluding carboxylic acids is 1. The Labute approximate surface area is 134 Å². The smallest absolute Gasteiger partial charge is 0.207 e. The minimum Gasteiger partial charge on any atom is -0.396 e. The van der Waals surface area contributed by atoms with Crippen molar-refractivity contribution >= 4 is 11.5 Å². The molecule has 0 amide bonds. The Morgan fingerprint density at radius 3 is 3.04 bits per heavy atom. The van der Waals surface area contributed by atoms with Gasteiger partial charge < -0.3 is 15.4 Å². The number of Topliss-reactive ketones (excluding diaryl/α,β-unsaturated/α-hetero) is 1. The number of nitrogens with two attached hydrogens (primary N) is 1. The van der Waals surface area contributed by atoms with Crippen LogP contribution in [0.4, 0.5) is 5.69 Å². The quantitative estimate of drug-likeness (QED) is 0.843. The number of rotatable bonds is 1. The number of allylic oxidation sites excluding steroid dienone is 2. The maximum atomic E-state index is 12.8. The fourth-order valence-electron chi connectivity index (χ4n) is 3.40. The normalized spacial score (nSPS) is 30.7. The van der Waals surface area contributed by atoms with Crippen molar-refractivity contribution in [2.24, 2.45) is 5.73 Å². The predicted octanol–water partition coefficient (Wildman–Crippen LogP) is 1.29. The van der Waals surface area contributed by atoms with Crippen LogP contribution in [0.1, 0.15) is 12.5 Å². The molecule has 1 aliphatic carbocycles. The van der Waals surface area contributed by atoms with Crippen molar-refractivity contribution in [2.75, 3.05) is 18.2 Å². The number of benzene rings is 1. The van der Waals surface area contributed by atoms with Crippen LogP contribution >= 0.6 is 0 Å². The van der Waals surface area contributed by atoms with Crippen molar-refractivity contribution < 1.29 is 14.4 Å². The molecular weight excluding hydrogens is 294 g/mol. The largest absolute Gasteiger partial charge is 0.396 e. The van der Waals surface area contributed by atoms with E-state index in [-0.39, 0.29) is 24.5 Å². The van der Waals surface area contributed by atoms with E-state index in [1.165, 1.54) is 0 Å². The molecule has 0 spiro atoms. The summed E-state index contributed by atoms with van der Waals surface area (Å²) in [4.78, 5) is 20.4. The molecule has 0 saturated carbocycles. The molecule has 0 radical (unpaired) electrons. The van der Waals surface area contributed by atoms with Crippen molar-refractivity contribution in [1.82, 2.24) is 5.06 Å². The number of hydroxylamine groups is 2. The summed E-state index contributed by atoms with van der Waals surface area (Å²) in [6.07, 6.45) is 5.17. The van der Waals surface area contributed by atoms with Crippen LogP contribution in [-0.4, -0.2) is 36.0 Å². The molecule has 1 saturated heterocycles. The minimum absolute atomic E-state index is 0.0952. The van der Waals surface area contributed by atoms with Gasteiger partial charge in [-0.25, -0.2) is 0 Å². The Morgan fingerprint density at radius 2 is 2.17 bits per heavy atom. The van der Waals surface area contributed by atoms with E-state index in [4.69, 9.17) is 15.3 Å². The minimum atomic E-state index is -0.836. The summed E-state index contributed by atoms with van der Waals surface area (Å²) < 4.78 is 5.68. The third-order valence-electron chi connectivity index (χ3n) is 4.73.